The third-order valence-corrected chi connectivity index (χ3v) is 7.06. The molecule has 0 radical (unpaired) electrons. The molecule has 1 aliphatic carbocycles. The summed E-state index contributed by atoms with van der Waals surface area (Å²) in [6, 6.07) is 6.40. The van der Waals surface area contributed by atoms with Crippen LogP contribution in [-0.4, -0.2) is 25.5 Å². The highest BCUT2D eigenvalue weighted by molar-refractivity contribution is 6.01. The van der Waals surface area contributed by atoms with E-state index in [0.29, 0.717) is 12.4 Å². The van der Waals surface area contributed by atoms with Gasteiger partial charge >= 0.3 is 0 Å². The Morgan fingerprint density at radius 1 is 0.912 bits per heavy atom. The van der Waals surface area contributed by atoms with E-state index in [1.54, 1.807) is 0 Å². The van der Waals surface area contributed by atoms with E-state index >= 15 is 0 Å². The van der Waals surface area contributed by atoms with Gasteiger partial charge in [-0.25, -0.2) is 9.97 Å². The molecule has 0 spiro atoms. The fourth-order valence-electron chi connectivity index (χ4n) is 5.96. The Balaban J connectivity index is 1.82. The number of Topliss-reactive ketones (excluding diaryl/α,β-unsaturated/α-hetero) is 1. The monoisotopic (exact) mass is 455 g/mol. The van der Waals surface area contributed by atoms with Gasteiger partial charge in [0.05, 0.1) is 5.69 Å². The molecule has 1 aromatic carbocycles. The number of fused-ring (bicyclic) bond motifs is 1. The van der Waals surface area contributed by atoms with Crippen LogP contribution in [0.1, 0.15) is 77.5 Å². The van der Waals surface area contributed by atoms with Crippen molar-refractivity contribution >= 4 is 11.6 Å². The number of anilines is 1. The highest BCUT2D eigenvalue weighted by Crippen LogP contribution is 2.51. The van der Waals surface area contributed by atoms with Crippen molar-refractivity contribution in [2.24, 2.45) is 5.41 Å². The minimum absolute atomic E-state index is 0.0986. The molecule has 0 unspecified atom stereocenters. The summed E-state index contributed by atoms with van der Waals surface area (Å²) in [4.78, 5) is 23.0. The Bertz CT molecular complexity index is 1350. The van der Waals surface area contributed by atoms with Gasteiger partial charge in [0.2, 0.25) is 0 Å². The standard InChI is InChI=1S/C28H33N5O/c1-14-9-15(2)22(16(3)10-14)25-23-19(6)32-33(27-29-17(4)11-18(5)30-27)26(23)31-20-12-28(7,8)13-21(34)24(20)25/h9-11,25,31H,12-13H2,1-8H3/t25-/m1/s1. The van der Waals surface area contributed by atoms with Crippen LogP contribution in [0.25, 0.3) is 5.95 Å². The van der Waals surface area contributed by atoms with Crippen LogP contribution in [0.4, 0.5) is 5.82 Å². The van der Waals surface area contributed by atoms with Crippen molar-refractivity contribution in [1.29, 1.82) is 0 Å². The lowest BCUT2D eigenvalue weighted by Gasteiger charge is -2.39. The summed E-state index contributed by atoms with van der Waals surface area (Å²) in [5.74, 6) is 1.49. The first-order chi connectivity index (χ1) is 15.9. The molecule has 3 aromatic rings. The number of nitrogens with one attached hydrogen (secondary N) is 1. The average molecular weight is 456 g/mol. The maximum absolute atomic E-state index is 13.7. The smallest absolute Gasteiger partial charge is 0.252 e. The number of ketones is 1. The van der Waals surface area contributed by atoms with Crippen molar-refractivity contribution in [3.05, 3.63) is 74.4 Å². The summed E-state index contributed by atoms with van der Waals surface area (Å²) in [5, 5.41) is 8.55. The minimum Gasteiger partial charge on any atom is -0.343 e. The molecule has 6 heteroatoms. The second-order valence-corrected chi connectivity index (χ2v) is 10.9. The van der Waals surface area contributed by atoms with Crippen LogP contribution in [-0.2, 0) is 4.79 Å². The molecule has 0 fully saturated rings. The molecule has 2 aliphatic rings. The summed E-state index contributed by atoms with van der Waals surface area (Å²) in [7, 11) is 0. The molecule has 1 aliphatic heterocycles. The molecule has 3 heterocycles. The van der Waals surface area contributed by atoms with Crippen LogP contribution in [0.5, 0.6) is 0 Å². The summed E-state index contributed by atoms with van der Waals surface area (Å²) in [5.41, 5.74) is 10.4. The van der Waals surface area contributed by atoms with E-state index < -0.39 is 0 Å². The number of aromatic nitrogens is 4. The van der Waals surface area contributed by atoms with E-state index in [4.69, 9.17) is 5.10 Å². The Morgan fingerprint density at radius 3 is 2.15 bits per heavy atom. The Kier molecular flexibility index (Phi) is 5.04. The minimum atomic E-state index is -0.157. The highest BCUT2D eigenvalue weighted by atomic mass is 16.1. The predicted octanol–water partition coefficient (Wildman–Crippen LogP) is 5.71. The largest absolute Gasteiger partial charge is 0.343 e. The molecule has 0 saturated carbocycles. The first-order valence-electron chi connectivity index (χ1n) is 12.0. The topological polar surface area (TPSA) is 72.7 Å². The number of carbonyl (C=O) groups is 1. The van der Waals surface area contributed by atoms with Gasteiger partial charge in [-0.1, -0.05) is 31.5 Å². The molecule has 2 aromatic heterocycles. The molecule has 1 N–H and O–H groups in total. The quantitative estimate of drug-likeness (QED) is 0.535. The van der Waals surface area contributed by atoms with Crippen LogP contribution in [0, 0.1) is 47.0 Å². The second-order valence-electron chi connectivity index (χ2n) is 10.9. The molecule has 6 nitrogen and oxygen atoms in total. The maximum Gasteiger partial charge on any atom is 0.252 e. The first kappa shape index (κ1) is 22.5. The van der Waals surface area contributed by atoms with Crippen LogP contribution in [0.2, 0.25) is 0 Å². The normalized spacial score (nSPS) is 19.1. The molecule has 0 bridgehead atoms. The van der Waals surface area contributed by atoms with Gasteiger partial charge in [-0.15, -0.1) is 0 Å². The second kappa shape index (κ2) is 7.62. The fraction of sp³-hybridized carbons (Fsp3) is 0.429. The predicted molar refractivity (Wildman–Crippen MR) is 135 cm³/mol. The Morgan fingerprint density at radius 2 is 1.53 bits per heavy atom. The summed E-state index contributed by atoms with van der Waals surface area (Å²) in [6.45, 7) is 16.7. The number of rotatable bonds is 2. The number of hydrogen-bond donors (Lipinski definition) is 1. The van der Waals surface area contributed by atoms with Gasteiger partial charge in [-0.2, -0.15) is 9.78 Å². The lowest BCUT2D eigenvalue weighted by atomic mass is 9.68. The van der Waals surface area contributed by atoms with E-state index in [1.807, 2.05) is 31.5 Å². The van der Waals surface area contributed by atoms with Crippen molar-refractivity contribution in [3.8, 4) is 5.95 Å². The highest BCUT2D eigenvalue weighted by Gasteiger charge is 2.44. The van der Waals surface area contributed by atoms with Gasteiger partial charge in [0.25, 0.3) is 5.95 Å². The third kappa shape index (κ3) is 3.56. The van der Waals surface area contributed by atoms with E-state index in [1.165, 1.54) is 22.3 Å². The molecule has 34 heavy (non-hydrogen) atoms. The van der Waals surface area contributed by atoms with Crippen LogP contribution in [0.3, 0.4) is 0 Å². The number of hydrogen-bond acceptors (Lipinski definition) is 5. The van der Waals surface area contributed by atoms with Crippen molar-refractivity contribution in [2.45, 2.75) is 74.1 Å². The van der Waals surface area contributed by atoms with Gasteiger partial charge in [0.1, 0.15) is 5.82 Å². The van der Waals surface area contributed by atoms with Gasteiger partial charge in [-0.05, 0) is 76.1 Å². The van der Waals surface area contributed by atoms with E-state index in [9.17, 15) is 4.79 Å². The van der Waals surface area contributed by atoms with Gasteiger partial charge in [0.15, 0.2) is 5.78 Å². The number of aryl methyl sites for hydroxylation is 6. The summed E-state index contributed by atoms with van der Waals surface area (Å²) < 4.78 is 1.83. The fourth-order valence-corrected chi connectivity index (χ4v) is 5.96. The first-order valence-corrected chi connectivity index (χ1v) is 12.0. The van der Waals surface area contributed by atoms with E-state index in [-0.39, 0.29) is 17.1 Å². The number of allylic oxidation sites excluding steroid dienone is 2. The average Bonchev–Trinajstić information content (AvgIpc) is 3.01. The summed E-state index contributed by atoms with van der Waals surface area (Å²) in [6.07, 6.45) is 1.36. The molecule has 5 rings (SSSR count). The SMILES string of the molecule is Cc1cc(C)c([C@H]2C3=C(CC(C)(C)CC3=O)Nc3c2c(C)nn3-c2nc(C)cc(C)n2)c(C)c1. The van der Waals surface area contributed by atoms with E-state index in [2.05, 4.69) is 62.0 Å². The lowest BCUT2D eigenvalue weighted by molar-refractivity contribution is -0.118. The number of nitrogens with zero attached hydrogens (tertiary/aromatic N) is 4. The van der Waals surface area contributed by atoms with Gasteiger partial charge in [-0.3, -0.25) is 4.79 Å². The van der Waals surface area contributed by atoms with Crippen molar-refractivity contribution in [3.63, 3.8) is 0 Å². The van der Waals surface area contributed by atoms with Crippen molar-refractivity contribution in [2.75, 3.05) is 5.32 Å². The van der Waals surface area contributed by atoms with Crippen LogP contribution < -0.4 is 5.32 Å². The van der Waals surface area contributed by atoms with E-state index in [0.717, 1.165) is 46.2 Å². The van der Waals surface area contributed by atoms with Gasteiger partial charge < -0.3 is 5.32 Å². The molecule has 1 atom stereocenters. The number of carbonyl (C=O) groups excluding carboxylic acids is 1. The van der Waals surface area contributed by atoms with Crippen LogP contribution >= 0.6 is 0 Å². The summed E-state index contributed by atoms with van der Waals surface area (Å²) >= 11 is 0. The Hall–Kier alpha value is -3.28. The lowest BCUT2D eigenvalue weighted by Crippen LogP contribution is -2.34. The van der Waals surface area contributed by atoms with Crippen LogP contribution in [0.15, 0.2) is 29.5 Å². The van der Waals surface area contributed by atoms with Gasteiger partial charge in [0, 0.05) is 40.6 Å². The zero-order chi connectivity index (χ0) is 24.5. The zero-order valence-corrected chi connectivity index (χ0v) is 21.4. The molecular formula is C28H33N5O. The molecular weight excluding hydrogens is 422 g/mol. The molecule has 0 amide bonds. The molecule has 176 valence electrons. The maximum atomic E-state index is 13.7. The van der Waals surface area contributed by atoms with Crippen molar-refractivity contribution < 1.29 is 4.79 Å². The Labute approximate surface area is 201 Å². The zero-order valence-electron chi connectivity index (χ0n) is 21.4. The third-order valence-electron chi connectivity index (χ3n) is 7.06. The molecule has 0 saturated heterocycles. The van der Waals surface area contributed by atoms with Crippen molar-refractivity contribution in [1.82, 2.24) is 19.7 Å². The number of benzene rings is 1.